The van der Waals surface area contributed by atoms with Gasteiger partial charge in [0.15, 0.2) is 0 Å². The third kappa shape index (κ3) is 6.82. The average molecular weight is 320 g/mol. The standard InChI is InChI=1S/C16H24N4O3/c1-2-14(21)20-13(15(18)22)5-3-4-10-19-16(23)11-6-8-12(17)9-7-11/h6-9,13H,2-5,10,17H2,1H3,(H2,18,22)(H,19,23)(H,20,21)/t13-/m0/s1. The van der Waals surface area contributed by atoms with E-state index in [1.54, 1.807) is 31.2 Å². The second kappa shape index (κ2) is 9.45. The average Bonchev–Trinajstić information content (AvgIpc) is 2.53. The van der Waals surface area contributed by atoms with Gasteiger partial charge in [-0.25, -0.2) is 0 Å². The third-order valence-electron chi connectivity index (χ3n) is 3.38. The first-order valence-electron chi connectivity index (χ1n) is 7.66. The van der Waals surface area contributed by atoms with Gasteiger partial charge in [-0.1, -0.05) is 6.92 Å². The van der Waals surface area contributed by atoms with E-state index in [4.69, 9.17) is 11.5 Å². The van der Waals surface area contributed by atoms with Crippen LogP contribution < -0.4 is 22.1 Å². The first-order chi connectivity index (χ1) is 10.9. The molecule has 0 radical (unpaired) electrons. The van der Waals surface area contributed by atoms with Gasteiger partial charge in [0, 0.05) is 24.2 Å². The first kappa shape index (κ1) is 18.5. The molecule has 3 amide bonds. The van der Waals surface area contributed by atoms with E-state index in [0.29, 0.717) is 43.5 Å². The predicted molar refractivity (Wildman–Crippen MR) is 88.5 cm³/mol. The van der Waals surface area contributed by atoms with E-state index in [2.05, 4.69) is 10.6 Å². The van der Waals surface area contributed by atoms with Crippen LogP contribution in [0.1, 0.15) is 43.0 Å². The first-order valence-corrected chi connectivity index (χ1v) is 7.66. The molecule has 1 aromatic rings. The molecule has 6 N–H and O–H groups in total. The van der Waals surface area contributed by atoms with Crippen molar-refractivity contribution in [1.82, 2.24) is 10.6 Å². The van der Waals surface area contributed by atoms with Crippen LogP contribution in [0, 0.1) is 0 Å². The molecule has 0 aliphatic heterocycles. The van der Waals surface area contributed by atoms with Gasteiger partial charge in [0.1, 0.15) is 6.04 Å². The van der Waals surface area contributed by atoms with E-state index in [1.165, 1.54) is 0 Å². The Bertz CT molecular complexity index is 543. The molecule has 0 aromatic heterocycles. The van der Waals surface area contributed by atoms with Gasteiger partial charge in [0.2, 0.25) is 11.8 Å². The minimum Gasteiger partial charge on any atom is -0.399 e. The van der Waals surface area contributed by atoms with Crippen LogP contribution in [0.4, 0.5) is 5.69 Å². The maximum Gasteiger partial charge on any atom is 0.251 e. The van der Waals surface area contributed by atoms with E-state index >= 15 is 0 Å². The van der Waals surface area contributed by atoms with Crippen molar-refractivity contribution >= 4 is 23.4 Å². The van der Waals surface area contributed by atoms with Crippen LogP contribution in [0.25, 0.3) is 0 Å². The zero-order valence-electron chi connectivity index (χ0n) is 13.3. The fraction of sp³-hybridized carbons (Fsp3) is 0.438. The highest BCUT2D eigenvalue weighted by molar-refractivity contribution is 5.94. The Balaban J connectivity index is 2.28. The number of nitrogen functional groups attached to an aromatic ring is 1. The normalized spacial score (nSPS) is 11.5. The zero-order chi connectivity index (χ0) is 17.2. The lowest BCUT2D eigenvalue weighted by Crippen LogP contribution is -2.44. The predicted octanol–water partition coefficient (Wildman–Crippen LogP) is 0.549. The second-order valence-corrected chi connectivity index (χ2v) is 5.25. The summed E-state index contributed by atoms with van der Waals surface area (Å²) in [5.41, 5.74) is 12.0. The number of primary amides is 1. The molecule has 0 aliphatic rings. The smallest absolute Gasteiger partial charge is 0.251 e. The highest BCUT2D eigenvalue weighted by Crippen LogP contribution is 2.05. The Morgan fingerprint density at radius 2 is 1.78 bits per heavy atom. The van der Waals surface area contributed by atoms with Crippen molar-refractivity contribution < 1.29 is 14.4 Å². The number of amides is 3. The summed E-state index contributed by atoms with van der Waals surface area (Å²) >= 11 is 0. The molecule has 23 heavy (non-hydrogen) atoms. The largest absolute Gasteiger partial charge is 0.399 e. The van der Waals surface area contributed by atoms with Gasteiger partial charge < -0.3 is 22.1 Å². The molecule has 0 bridgehead atoms. The number of benzene rings is 1. The molecule has 0 aliphatic carbocycles. The fourth-order valence-corrected chi connectivity index (χ4v) is 1.99. The number of unbranched alkanes of at least 4 members (excludes halogenated alkanes) is 1. The maximum atomic E-state index is 11.9. The number of nitrogens with two attached hydrogens (primary N) is 2. The quantitative estimate of drug-likeness (QED) is 0.391. The van der Waals surface area contributed by atoms with Crippen LogP contribution in [0.2, 0.25) is 0 Å². The zero-order valence-corrected chi connectivity index (χ0v) is 13.3. The second-order valence-electron chi connectivity index (χ2n) is 5.25. The Labute approximate surface area is 135 Å². The van der Waals surface area contributed by atoms with Crippen molar-refractivity contribution in [2.75, 3.05) is 12.3 Å². The number of carbonyl (C=O) groups excluding carboxylic acids is 3. The summed E-state index contributed by atoms with van der Waals surface area (Å²) < 4.78 is 0. The molecule has 0 heterocycles. The Morgan fingerprint density at radius 1 is 1.13 bits per heavy atom. The lowest BCUT2D eigenvalue weighted by Gasteiger charge is -2.14. The Hall–Kier alpha value is -2.57. The Kier molecular flexibility index (Phi) is 7.59. The van der Waals surface area contributed by atoms with Gasteiger partial charge in [-0.2, -0.15) is 0 Å². The molecule has 0 fully saturated rings. The number of hydrogen-bond acceptors (Lipinski definition) is 4. The van der Waals surface area contributed by atoms with Crippen molar-refractivity contribution in [1.29, 1.82) is 0 Å². The van der Waals surface area contributed by atoms with Gasteiger partial charge in [0.25, 0.3) is 5.91 Å². The summed E-state index contributed by atoms with van der Waals surface area (Å²) in [6.07, 6.45) is 2.12. The molecule has 126 valence electrons. The molecule has 1 aromatic carbocycles. The van der Waals surface area contributed by atoms with Gasteiger partial charge >= 0.3 is 0 Å². The highest BCUT2D eigenvalue weighted by atomic mass is 16.2. The maximum absolute atomic E-state index is 11.9. The summed E-state index contributed by atoms with van der Waals surface area (Å²) in [6.45, 7) is 2.19. The monoisotopic (exact) mass is 320 g/mol. The fourth-order valence-electron chi connectivity index (χ4n) is 1.99. The van der Waals surface area contributed by atoms with E-state index in [0.717, 1.165) is 0 Å². The summed E-state index contributed by atoms with van der Waals surface area (Å²) in [5.74, 6) is -0.918. The molecule has 0 unspecified atom stereocenters. The molecule has 0 saturated heterocycles. The summed E-state index contributed by atoms with van der Waals surface area (Å²) in [5, 5.41) is 5.37. The number of hydrogen-bond donors (Lipinski definition) is 4. The van der Waals surface area contributed by atoms with Crippen molar-refractivity contribution in [2.45, 2.75) is 38.6 Å². The van der Waals surface area contributed by atoms with Crippen LogP contribution in [0.3, 0.4) is 0 Å². The van der Waals surface area contributed by atoms with Crippen LogP contribution in [-0.4, -0.2) is 30.3 Å². The molecule has 0 saturated carbocycles. The molecular formula is C16H24N4O3. The molecule has 1 atom stereocenters. The van der Waals surface area contributed by atoms with Crippen molar-refractivity contribution in [2.24, 2.45) is 5.73 Å². The van der Waals surface area contributed by atoms with E-state index in [1.807, 2.05) is 0 Å². The van der Waals surface area contributed by atoms with Crippen molar-refractivity contribution in [3.8, 4) is 0 Å². The number of rotatable bonds is 9. The SMILES string of the molecule is CCC(=O)N[C@@H](CCCCNC(=O)c1ccc(N)cc1)C(N)=O. The number of nitrogens with one attached hydrogen (secondary N) is 2. The van der Waals surface area contributed by atoms with E-state index in [9.17, 15) is 14.4 Å². The molecule has 7 heteroatoms. The van der Waals surface area contributed by atoms with Crippen LogP contribution in [0.5, 0.6) is 0 Å². The van der Waals surface area contributed by atoms with Gasteiger partial charge in [-0.15, -0.1) is 0 Å². The minimum atomic E-state index is -0.657. The van der Waals surface area contributed by atoms with Crippen LogP contribution >= 0.6 is 0 Å². The molecule has 1 rings (SSSR count). The third-order valence-corrected chi connectivity index (χ3v) is 3.38. The Morgan fingerprint density at radius 3 is 2.35 bits per heavy atom. The van der Waals surface area contributed by atoms with E-state index < -0.39 is 11.9 Å². The molecule has 7 nitrogen and oxygen atoms in total. The molecular weight excluding hydrogens is 296 g/mol. The highest BCUT2D eigenvalue weighted by Gasteiger charge is 2.16. The summed E-state index contributed by atoms with van der Waals surface area (Å²) in [4.78, 5) is 34.4. The van der Waals surface area contributed by atoms with Crippen LogP contribution in [-0.2, 0) is 9.59 Å². The van der Waals surface area contributed by atoms with Crippen molar-refractivity contribution in [3.63, 3.8) is 0 Å². The topological polar surface area (TPSA) is 127 Å². The molecule has 0 spiro atoms. The van der Waals surface area contributed by atoms with Crippen LogP contribution in [0.15, 0.2) is 24.3 Å². The van der Waals surface area contributed by atoms with E-state index in [-0.39, 0.29) is 11.8 Å². The number of carbonyl (C=O) groups is 3. The van der Waals surface area contributed by atoms with Gasteiger partial charge in [0.05, 0.1) is 0 Å². The minimum absolute atomic E-state index is 0.171. The number of anilines is 1. The van der Waals surface area contributed by atoms with Gasteiger partial charge in [-0.3, -0.25) is 14.4 Å². The lowest BCUT2D eigenvalue weighted by molar-refractivity contribution is -0.127. The lowest BCUT2D eigenvalue weighted by atomic mass is 10.1. The summed E-state index contributed by atoms with van der Waals surface area (Å²) in [6, 6.07) is 6.00. The summed E-state index contributed by atoms with van der Waals surface area (Å²) in [7, 11) is 0. The van der Waals surface area contributed by atoms with Gasteiger partial charge in [-0.05, 0) is 43.5 Å². The van der Waals surface area contributed by atoms with Crippen molar-refractivity contribution in [3.05, 3.63) is 29.8 Å².